The lowest BCUT2D eigenvalue weighted by Crippen LogP contribution is -1.62. The van der Waals surface area contributed by atoms with Crippen molar-refractivity contribution in [2.75, 3.05) is 6.26 Å². The Morgan fingerprint density at radius 1 is 1.56 bits per heavy atom. The van der Waals surface area contributed by atoms with E-state index in [1.807, 2.05) is 37.5 Å². The number of thioether (sulfide) groups is 1. The van der Waals surface area contributed by atoms with Gasteiger partial charge in [0.25, 0.3) is 0 Å². The van der Waals surface area contributed by atoms with Crippen LogP contribution in [0.2, 0.25) is 0 Å². The summed E-state index contributed by atoms with van der Waals surface area (Å²) in [6.07, 6.45) is 9.94. The predicted octanol–water partition coefficient (Wildman–Crippen LogP) is 3.00. The third-order valence-electron chi connectivity index (χ3n) is 0.890. The van der Waals surface area contributed by atoms with Crippen LogP contribution in [-0.4, -0.2) is 6.26 Å². The highest BCUT2D eigenvalue weighted by Gasteiger charge is 1.80. The molecule has 0 saturated heterocycles. The van der Waals surface area contributed by atoms with Gasteiger partial charge in [-0.15, -0.1) is 11.8 Å². The second-order valence-electron chi connectivity index (χ2n) is 1.50. The number of rotatable bonds is 3. The Morgan fingerprint density at radius 3 is 2.56 bits per heavy atom. The molecule has 0 fully saturated rings. The fraction of sp³-hybridized carbons (Fsp3) is 0.250. The molecule has 50 valence electrons. The normalized spacial score (nSPS) is 12.4. The van der Waals surface area contributed by atoms with E-state index < -0.39 is 0 Å². The van der Waals surface area contributed by atoms with Gasteiger partial charge in [0, 0.05) is 4.91 Å². The lowest BCUT2D eigenvalue weighted by molar-refractivity contribution is 1.72. The summed E-state index contributed by atoms with van der Waals surface area (Å²) in [5.41, 5.74) is 0. The van der Waals surface area contributed by atoms with Crippen molar-refractivity contribution >= 4 is 11.8 Å². The van der Waals surface area contributed by atoms with E-state index in [1.165, 1.54) is 4.91 Å². The molecule has 0 aromatic carbocycles. The molecule has 1 heteroatoms. The first-order valence-corrected chi connectivity index (χ1v) is 4.07. The molecule has 9 heavy (non-hydrogen) atoms. The minimum atomic E-state index is 1.20. The molecule has 0 aliphatic heterocycles. The zero-order valence-corrected chi connectivity index (χ0v) is 6.74. The molecule has 0 amide bonds. The van der Waals surface area contributed by atoms with Crippen LogP contribution in [0.5, 0.6) is 0 Å². The van der Waals surface area contributed by atoms with Gasteiger partial charge in [0.2, 0.25) is 0 Å². The molecule has 0 atom stereocenters. The van der Waals surface area contributed by atoms with E-state index in [9.17, 15) is 0 Å². The standard InChI is InChI=1S/C8H12S/c1-4-6-7-8(5-2)9-3/h4-7H,2H2,1,3H3/b6-4-,8-7+. The molecule has 0 heterocycles. The number of allylic oxidation sites excluding steroid dienone is 4. The first-order valence-electron chi connectivity index (χ1n) is 2.84. The third kappa shape index (κ3) is 4.10. The van der Waals surface area contributed by atoms with Crippen molar-refractivity contribution in [2.45, 2.75) is 6.92 Å². The van der Waals surface area contributed by atoms with E-state index >= 15 is 0 Å². The minimum absolute atomic E-state index is 1.20. The van der Waals surface area contributed by atoms with Crippen LogP contribution in [0.4, 0.5) is 0 Å². The van der Waals surface area contributed by atoms with Crippen molar-refractivity contribution in [1.82, 2.24) is 0 Å². The molecule has 0 saturated carbocycles. The quantitative estimate of drug-likeness (QED) is 0.543. The Balaban J connectivity index is 3.90. The van der Waals surface area contributed by atoms with Crippen molar-refractivity contribution in [3.63, 3.8) is 0 Å². The van der Waals surface area contributed by atoms with Gasteiger partial charge in [-0.1, -0.05) is 24.8 Å². The van der Waals surface area contributed by atoms with Crippen LogP contribution < -0.4 is 0 Å². The van der Waals surface area contributed by atoms with Gasteiger partial charge >= 0.3 is 0 Å². The van der Waals surface area contributed by atoms with Gasteiger partial charge in [0.1, 0.15) is 0 Å². The number of hydrogen-bond acceptors (Lipinski definition) is 1. The van der Waals surface area contributed by atoms with E-state index in [4.69, 9.17) is 0 Å². The summed E-state index contributed by atoms with van der Waals surface area (Å²) in [6.45, 7) is 5.66. The Bertz CT molecular complexity index is 132. The van der Waals surface area contributed by atoms with Crippen LogP contribution in [0.1, 0.15) is 6.92 Å². The molecule has 0 spiro atoms. The molecule has 0 bridgehead atoms. The number of hydrogen-bond donors (Lipinski definition) is 0. The van der Waals surface area contributed by atoms with E-state index in [0.717, 1.165) is 0 Å². The lowest BCUT2D eigenvalue weighted by Gasteiger charge is -1.89. The maximum absolute atomic E-state index is 3.66. The first kappa shape index (κ1) is 8.57. The molecule has 0 nitrogen and oxygen atoms in total. The topological polar surface area (TPSA) is 0 Å². The SMILES string of the molecule is C=C/C(=C\C=C/C)SC. The van der Waals surface area contributed by atoms with Crippen LogP contribution in [0, 0.1) is 0 Å². The average Bonchev–Trinajstić information content (AvgIpc) is 1.91. The summed E-state index contributed by atoms with van der Waals surface area (Å²) in [7, 11) is 0. The predicted molar refractivity (Wildman–Crippen MR) is 46.6 cm³/mol. The van der Waals surface area contributed by atoms with Gasteiger partial charge < -0.3 is 0 Å². The molecule has 0 radical (unpaired) electrons. The van der Waals surface area contributed by atoms with Crippen LogP contribution in [0.3, 0.4) is 0 Å². The van der Waals surface area contributed by atoms with Crippen molar-refractivity contribution in [2.24, 2.45) is 0 Å². The summed E-state index contributed by atoms with van der Waals surface area (Å²) in [6, 6.07) is 0. The summed E-state index contributed by atoms with van der Waals surface area (Å²) in [4.78, 5) is 1.20. The Labute approximate surface area is 61.3 Å². The lowest BCUT2D eigenvalue weighted by atomic mass is 10.4. The Morgan fingerprint density at radius 2 is 2.22 bits per heavy atom. The van der Waals surface area contributed by atoms with E-state index in [0.29, 0.717) is 0 Å². The highest BCUT2D eigenvalue weighted by Crippen LogP contribution is 2.11. The molecule has 0 rings (SSSR count). The molecule has 0 aliphatic carbocycles. The average molecular weight is 140 g/mol. The van der Waals surface area contributed by atoms with Gasteiger partial charge in [-0.3, -0.25) is 0 Å². The van der Waals surface area contributed by atoms with Crippen LogP contribution >= 0.6 is 11.8 Å². The summed E-state index contributed by atoms with van der Waals surface area (Å²) in [5, 5.41) is 0. The molecule has 0 aromatic rings. The van der Waals surface area contributed by atoms with Crippen molar-refractivity contribution in [3.05, 3.63) is 35.8 Å². The molecule has 0 aromatic heterocycles. The first-order chi connectivity index (χ1) is 4.35. The van der Waals surface area contributed by atoms with Gasteiger partial charge in [-0.25, -0.2) is 0 Å². The second-order valence-corrected chi connectivity index (χ2v) is 2.38. The second kappa shape index (κ2) is 5.70. The summed E-state index contributed by atoms with van der Waals surface area (Å²) < 4.78 is 0. The fourth-order valence-electron chi connectivity index (χ4n) is 0.410. The Kier molecular flexibility index (Phi) is 5.43. The monoisotopic (exact) mass is 140 g/mol. The maximum Gasteiger partial charge on any atom is 0.00631 e. The summed E-state index contributed by atoms with van der Waals surface area (Å²) in [5.74, 6) is 0. The highest BCUT2D eigenvalue weighted by molar-refractivity contribution is 8.02. The molecular weight excluding hydrogens is 128 g/mol. The minimum Gasteiger partial charge on any atom is -0.130 e. The van der Waals surface area contributed by atoms with Crippen molar-refractivity contribution in [3.8, 4) is 0 Å². The third-order valence-corrected chi connectivity index (χ3v) is 1.66. The van der Waals surface area contributed by atoms with Crippen LogP contribution in [0.15, 0.2) is 35.8 Å². The zero-order chi connectivity index (χ0) is 7.11. The molecule has 0 N–H and O–H groups in total. The molecular formula is C8H12S. The smallest absolute Gasteiger partial charge is 0.00631 e. The maximum atomic E-state index is 3.66. The van der Waals surface area contributed by atoms with E-state index in [1.54, 1.807) is 11.8 Å². The van der Waals surface area contributed by atoms with Gasteiger partial charge in [0.15, 0.2) is 0 Å². The van der Waals surface area contributed by atoms with Gasteiger partial charge in [0.05, 0.1) is 0 Å². The summed E-state index contributed by atoms with van der Waals surface area (Å²) >= 11 is 1.70. The zero-order valence-electron chi connectivity index (χ0n) is 5.92. The van der Waals surface area contributed by atoms with Gasteiger partial charge in [-0.2, -0.15) is 0 Å². The van der Waals surface area contributed by atoms with Crippen molar-refractivity contribution < 1.29 is 0 Å². The fourth-order valence-corrected chi connectivity index (χ4v) is 0.792. The van der Waals surface area contributed by atoms with E-state index in [2.05, 4.69) is 6.58 Å². The molecule has 0 aliphatic rings. The van der Waals surface area contributed by atoms with Crippen LogP contribution in [-0.2, 0) is 0 Å². The van der Waals surface area contributed by atoms with Crippen LogP contribution in [0.25, 0.3) is 0 Å². The highest BCUT2D eigenvalue weighted by atomic mass is 32.2. The molecule has 0 unspecified atom stereocenters. The van der Waals surface area contributed by atoms with E-state index in [-0.39, 0.29) is 0 Å². The van der Waals surface area contributed by atoms with Gasteiger partial charge in [-0.05, 0) is 19.3 Å². The van der Waals surface area contributed by atoms with Crippen molar-refractivity contribution in [1.29, 1.82) is 0 Å². The largest absolute Gasteiger partial charge is 0.130 e. The Hall–Kier alpha value is -0.430.